The first-order valence-corrected chi connectivity index (χ1v) is 5.58. The van der Waals surface area contributed by atoms with Crippen molar-refractivity contribution in [3.63, 3.8) is 0 Å². The van der Waals surface area contributed by atoms with Crippen LogP contribution in [0.3, 0.4) is 0 Å². The van der Waals surface area contributed by atoms with Crippen LogP contribution in [-0.4, -0.2) is 59.0 Å². The van der Waals surface area contributed by atoms with Crippen molar-refractivity contribution in [3.8, 4) is 0 Å². The number of nitrogens with zero attached hydrogens (tertiary/aromatic N) is 1. The second-order valence-corrected chi connectivity index (χ2v) is 4.45. The minimum absolute atomic E-state index is 0.0591. The molecule has 0 aromatic carbocycles. The molecule has 1 unspecified atom stereocenters. The molecule has 0 aliphatic rings. The van der Waals surface area contributed by atoms with Crippen LogP contribution >= 0.6 is 0 Å². The Bertz CT molecular complexity index is 206. The lowest BCUT2D eigenvalue weighted by Gasteiger charge is -2.27. The molecule has 96 valence electrons. The number of aliphatic hydroxyl groups excluding tert-OH is 1. The third-order valence-corrected chi connectivity index (χ3v) is 2.14. The minimum atomic E-state index is -0.884. The summed E-state index contributed by atoms with van der Waals surface area (Å²) in [5.74, 6) is -0.884. The van der Waals surface area contributed by atoms with Gasteiger partial charge in [-0.05, 0) is 27.7 Å². The van der Waals surface area contributed by atoms with Gasteiger partial charge >= 0.3 is 5.97 Å². The number of aliphatic carboxylic acids is 1. The molecule has 1 atom stereocenters. The van der Waals surface area contributed by atoms with E-state index in [2.05, 4.69) is 0 Å². The summed E-state index contributed by atoms with van der Waals surface area (Å²) in [5.41, 5.74) is 0. The Morgan fingerprint density at radius 3 is 2.25 bits per heavy atom. The van der Waals surface area contributed by atoms with E-state index in [1.807, 2.05) is 27.7 Å². The molecule has 0 spiro atoms. The molecule has 0 aromatic heterocycles. The zero-order chi connectivity index (χ0) is 12.7. The van der Waals surface area contributed by atoms with E-state index in [4.69, 9.17) is 9.84 Å². The first kappa shape index (κ1) is 15.3. The molecule has 5 nitrogen and oxygen atoms in total. The highest BCUT2D eigenvalue weighted by molar-refractivity contribution is 5.69. The molecule has 0 radical (unpaired) electrons. The predicted octanol–water partition coefficient (Wildman–Crippen LogP) is 0.567. The van der Waals surface area contributed by atoms with Gasteiger partial charge in [0.1, 0.15) is 0 Å². The molecule has 0 aliphatic heterocycles. The summed E-state index contributed by atoms with van der Waals surface area (Å²) in [6.07, 6.45) is -0.578. The smallest absolute Gasteiger partial charge is 0.317 e. The van der Waals surface area contributed by atoms with Gasteiger partial charge in [-0.2, -0.15) is 0 Å². The maximum Gasteiger partial charge on any atom is 0.317 e. The van der Waals surface area contributed by atoms with Crippen LogP contribution < -0.4 is 0 Å². The van der Waals surface area contributed by atoms with E-state index in [1.54, 1.807) is 4.90 Å². The lowest BCUT2D eigenvalue weighted by molar-refractivity contribution is -0.139. The molecule has 0 fully saturated rings. The fraction of sp³-hybridized carbons (Fsp3) is 0.909. The number of rotatable bonds is 8. The Kier molecular flexibility index (Phi) is 7.29. The van der Waals surface area contributed by atoms with Gasteiger partial charge in [-0.25, -0.2) is 0 Å². The summed E-state index contributed by atoms with van der Waals surface area (Å²) >= 11 is 0. The maximum atomic E-state index is 10.6. The van der Waals surface area contributed by atoms with Crippen LogP contribution in [0.1, 0.15) is 27.7 Å². The number of carboxylic acid groups (broad SMARTS) is 1. The zero-order valence-corrected chi connectivity index (χ0v) is 10.5. The van der Waals surface area contributed by atoms with Crippen molar-refractivity contribution in [3.05, 3.63) is 0 Å². The zero-order valence-electron chi connectivity index (χ0n) is 10.5. The molecular weight excluding hydrogens is 210 g/mol. The third-order valence-electron chi connectivity index (χ3n) is 2.14. The predicted molar refractivity (Wildman–Crippen MR) is 61.4 cm³/mol. The molecule has 16 heavy (non-hydrogen) atoms. The average molecular weight is 233 g/mol. The molecule has 0 aromatic rings. The summed E-state index contributed by atoms with van der Waals surface area (Å²) in [7, 11) is 0. The summed E-state index contributed by atoms with van der Waals surface area (Å²) in [4.78, 5) is 12.3. The van der Waals surface area contributed by atoms with E-state index < -0.39 is 12.1 Å². The number of carbonyl (C=O) groups is 1. The van der Waals surface area contributed by atoms with Gasteiger partial charge in [-0.3, -0.25) is 9.69 Å². The number of carboxylic acids is 1. The Balaban J connectivity index is 4.02. The van der Waals surface area contributed by atoms with Crippen molar-refractivity contribution in [2.45, 2.75) is 45.9 Å². The van der Waals surface area contributed by atoms with Crippen molar-refractivity contribution < 1.29 is 19.7 Å². The number of hydrogen-bond acceptors (Lipinski definition) is 4. The Labute approximate surface area is 97.0 Å². The number of hydrogen-bond donors (Lipinski definition) is 2. The second kappa shape index (κ2) is 7.60. The van der Waals surface area contributed by atoms with Gasteiger partial charge in [0, 0.05) is 12.6 Å². The second-order valence-electron chi connectivity index (χ2n) is 4.45. The van der Waals surface area contributed by atoms with Crippen molar-refractivity contribution in [2.24, 2.45) is 0 Å². The van der Waals surface area contributed by atoms with E-state index in [9.17, 15) is 9.90 Å². The molecule has 5 heteroatoms. The lowest BCUT2D eigenvalue weighted by Crippen LogP contribution is -2.42. The van der Waals surface area contributed by atoms with Crippen molar-refractivity contribution in [1.29, 1.82) is 0 Å². The largest absolute Gasteiger partial charge is 0.480 e. The first-order chi connectivity index (χ1) is 7.32. The van der Waals surface area contributed by atoms with Crippen molar-refractivity contribution >= 4 is 5.97 Å². The Morgan fingerprint density at radius 2 is 1.88 bits per heavy atom. The van der Waals surface area contributed by atoms with Gasteiger partial charge in [0.05, 0.1) is 25.4 Å². The van der Waals surface area contributed by atoms with Crippen LogP contribution in [0, 0.1) is 0 Å². The third kappa shape index (κ3) is 7.62. The SMILES string of the molecule is CC(C)OCC(O)CN(CC(=O)O)C(C)C. The highest BCUT2D eigenvalue weighted by Gasteiger charge is 2.17. The summed E-state index contributed by atoms with van der Waals surface area (Å²) in [6, 6.07) is 0.0878. The molecular formula is C11H23NO4. The van der Waals surface area contributed by atoms with Crippen molar-refractivity contribution in [1.82, 2.24) is 4.90 Å². The molecule has 0 amide bonds. The normalized spacial score (nSPS) is 13.8. The molecule has 0 aliphatic carbocycles. The monoisotopic (exact) mass is 233 g/mol. The van der Waals surface area contributed by atoms with E-state index in [-0.39, 0.29) is 25.3 Å². The van der Waals surface area contributed by atoms with Gasteiger partial charge in [-0.1, -0.05) is 0 Å². The highest BCUT2D eigenvalue weighted by Crippen LogP contribution is 2.01. The average Bonchev–Trinajstić information content (AvgIpc) is 2.12. The molecule has 0 saturated heterocycles. The van der Waals surface area contributed by atoms with Crippen molar-refractivity contribution in [2.75, 3.05) is 19.7 Å². The Morgan fingerprint density at radius 1 is 1.31 bits per heavy atom. The van der Waals surface area contributed by atoms with Crippen LogP contribution in [0.5, 0.6) is 0 Å². The molecule has 2 N–H and O–H groups in total. The molecule has 0 rings (SSSR count). The van der Waals surface area contributed by atoms with Gasteiger partial charge in [-0.15, -0.1) is 0 Å². The summed E-state index contributed by atoms with van der Waals surface area (Å²) < 4.78 is 5.27. The molecule has 0 bridgehead atoms. The Hall–Kier alpha value is -0.650. The molecule has 0 heterocycles. The fourth-order valence-electron chi connectivity index (χ4n) is 1.26. The van der Waals surface area contributed by atoms with Gasteiger partial charge in [0.2, 0.25) is 0 Å². The standard InChI is InChI=1S/C11H23NO4/c1-8(2)12(6-11(14)15)5-10(13)7-16-9(3)4/h8-10,13H,5-7H2,1-4H3,(H,14,15). The van der Waals surface area contributed by atoms with Crippen LogP contribution in [0.4, 0.5) is 0 Å². The van der Waals surface area contributed by atoms with E-state index in [1.165, 1.54) is 0 Å². The fourth-order valence-corrected chi connectivity index (χ4v) is 1.26. The molecule has 0 saturated carbocycles. The van der Waals surface area contributed by atoms with Gasteiger partial charge < -0.3 is 14.9 Å². The van der Waals surface area contributed by atoms with Gasteiger partial charge in [0.15, 0.2) is 0 Å². The number of ether oxygens (including phenoxy) is 1. The van der Waals surface area contributed by atoms with Crippen LogP contribution in [-0.2, 0) is 9.53 Å². The van der Waals surface area contributed by atoms with Crippen LogP contribution in [0.25, 0.3) is 0 Å². The topological polar surface area (TPSA) is 70.0 Å². The number of aliphatic hydroxyl groups is 1. The van der Waals surface area contributed by atoms with Crippen LogP contribution in [0.2, 0.25) is 0 Å². The van der Waals surface area contributed by atoms with E-state index in [0.29, 0.717) is 6.54 Å². The lowest BCUT2D eigenvalue weighted by atomic mass is 10.2. The summed E-state index contributed by atoms with van der Waals surface area (Å²) in [6.45, 7) is 8.08. The van der Waals surface area contributed by atoms with E-state index in [0.717, 1.165) is 0 Å². The van der Waals surface area contributed by atoms with E-state index >= 15 is 0 Å². The minimum Gasteiger partial charge on any atom is -0.480 e. The summed E-state index contributed by atoms with van der Waals surface area (Å²) in [5, 5.41) is 18.4. The van der Waals surface area contributed by atoms with Crippen LogP contribution in [0.15, 0.2) is 0 Å². The van der Waals surface area contributed by atoms with Gasteiger partial charge in [0.25, 0.3) is 0 Å². The quantitative estimate of drug-likeness (QED) is 0.641. The maximum absolute atomic E-state index is 10.6. The first-order valence-electron chi connectivity index (χ1n) is 5.58. The highest BCUT2D eigenvalue weighted by atomic mass is 16.5.